The maximum absolute atomic E-state index is 11.5. The Hall–Kier alpha value is -0.390. The highest BCUT2D eigenvalue weighted by Crippen LogP contribution is 2.15. The fraction of sp³-hybridized carbons (Fsp3) is 0.500. The van der Waals surface area contributed by atoms with E-state index in [2.05, 4.69) is 21.2 Å². The molecule has 0 radical (unpaired) electrons. The Balaban J connectivity index is 2.32. The van der Waals surface area contributed by atoms with Gasteiger partial charge in [0.2, 0.25) is 0 Å². The van der Waals surface area contributed by atoms with Crippen LogP contribution in [0.2, 0.25) is 0 Å². The zero-order valence-corrected chi connectivity index (χ0v) is 12.4. The van der Waals surface area contributed by atoms with Crippen molar-refractivity contribution in [2.45, 2.75) is 19.9 Å². The minimum atomic E-state index is -2.87. The quantitative estimate of drug-likeness (QED) is 0.785. The Morgan fingerprint density at radius 1 is 1.24 bits per heavy atom. The predicted molar refractivity (Wildman–Crippen MR) is 74.8 cm³/mol. The highest BCUT2D eigenvalue weighted by Gasteiger charge is 2.08. The molecule has 0 aliphatic carbocycles. The van der Waals surface area contributed by atoms with Crippen LogP contribution in [0, 0.1) is 0 Å². The van der Waals surface area contributed by atoms with Gasteiger partial charge in [0, 0.05) is 23.3 Å². The van der Waals surface area contributed by atoms with Crippen molar-refractivity contribution < 1.29 is 8.42 Å². The summed E-state index contributed by atoms with van der Waals surface area (Å²) >= 11 is 3.45. The van der Waals surface area contributed by atoms with E-state index in [9.17, 15) is 8.42 Å². The van der Waals surface area contributed by atoms with Crippen molar-refractivity contribution in [3.8, 4) is 0 Å². The first-order chi connectivity index (χ1) is 8.05. The molecule has 5 heteroatoms. The monoisotopic (exact) mass is 319 g/mol. The predicted octanol–water partition coefficient (Wildman–Crippen LogP) is 2.36. The second-order valence-electron chi connectivity index (χ2n) is 3.92. The van der Waals surface area contributed by atoms with Crippen LogP contribution in [-0.2, 0) is 16.4 Å². The van der Waals surface area contributed by atoms with Gasteiger partial charge in [0.1, 0.15) is 0 Å². The lowest BCUT2D eigenvalue weighted by Gasteiger charge is -2.07. The molecule has 96 valence electrons. The molecule has 3 nitrogen and oxygen atoms in total. The molecule has 0 bridgehead atoms. The first-order valence-electron chi connectivity index (χ1n) is 5.69. The minimum absolute atomic E-state index is 0.214. The Labute approximate surface area is 112 Å². The van der Waals surface area contributed by atoms with Crippen molar-refractivity contribution in [3.63, 3.8) is 0 Å². The summed E-state index contributed by atoms with van der Waals surface area (Å²) in [5, 5.41) is 3.15. The Morgan fingerprint density at radius 2 is 1.94 bits per heavy atom. The van der Waals surface area contributed by atoms with E-state index < -0.39 is 9.84 Å². The van der Waals surface area contributed by atoms with E-state index in [1.165, 1.54) is 0 Å². The molecule has 0 fully saturated rings. The summed E-state index contributed by atoms with van der Waals surface area (Å²) in [5.74, 6) is 0.495. The van der Waals surface area contributed by atoms with Gasteiger partial charge in [-0.25, -0.2) is 8.42 Å². The third kappa shape index (κ3) is 5.66. The van der Waals surface area contributed by atoms with Crippen molar-refractivity contribution in [2.24, 2.45) is 0 Å². The molecule has 0 heterocycles. The van der Waals surface area contributed by atoms with Gasteiger partial charge in [0.25, 0.3) is 0 Å². The smallest absolute Gasteiger partial charge is 0.151 e. The van der Waals surface area contributed by atoms with E-state index in [1.807, 2.05) is 31.2 Å². The van der Waals surface area contributed by atoms with Crippen LogP contribution in [0.5, 0.6) is 0 Å². The fourth-order valence-electron chi connectivity index (χ4n) is 1.51. The van der Waals surface area contributed by atoms with Gasteiger partial charge in [0.15, 0.2) is 9.84 Å². The lowest BCUT2D eigenvalue weighted by molar-refractivity contribution is 0.589. The Bertz CT molecular complexity index is 446. The lowest BCUT2D eigenvalue weighted by atomic mass is 10.2. The molecule has 0 amide bonds. The van der Waals surface area contributed by atoms with Crippen LogP contribution in [-0.4, -0.2) is 26.5 Å². The summed E-state index contributed by atoms with van der Waals surface area (Å²) in [4.78, 5) is 0. The number of rotatable bonds is 7. The van der Waals surface area contributed by atoms with Crippen LogP contribution in [0.15, 0.2) is 28.7 Å². The third-order valence-corrected chi connectivity index (χ3v) is 5.01. The van der Waals surface area contributed by atoms with E-state index in [4.69, 9.17) is 0 Å². The van der Waals surface area contributed by atoms with Gasteiger partial charge in [-0.2, -0.15) is 0 Å². The maximum Gasteiger partial charge on any atom is 0.151 e. The topological polar surface area (TPSA) is 46.2 Å². The maximum atomic E-state index is 11.5. The highest BCUT2D eigenvalue weighted by molar-refractivity contribution is 9.10. The molecule has 1 aromatic rings. The normalized spacial score (nSPS) is 11.6. The Kier molecular flexibility index (Phi) is 6.16. The van der Waals surface area contributed by atoms with Crippen LogP contribution >= 0.6 is 15.9 Å². The molecule has 0 atom stereocenters. The first-order valence-corrected chi connectivity index (χ1v) is 8.31. The van der Waals surface area contributed by atoms with Gasteiger partial charge in [-0.3, -0.25) is 0 Å². The number of benzene rings is 1. The molecule has 0 aromatic heterocycles. The molecule has 1 aromatic carbocycles. The fourth-order valence-corrected chi connectivity index (χ4v) is 3.21. The van der Waals surface area contributed by atoms with Gasteiger partial charge in [-0.15, -0.1) is 0 Å². The molecular weight excluding hydrogens is 302 g/mol. The third-order valence-electron chi connectivity index (χ3n) is 2.38. The van der Waals surface area contributed by atoms with Crippen LogP contribution in [0.4, 0.5) is 0 Å². The number of sulfone groups is 1. The zero-order chi connectivity index (χ0) is 12.7. The summed E-state index contributed by atoms with van der Waals surface area (Å²) in [6.07, 6.45) is 0.687. The standard InChI is InChI=1S/C12H18BrNO2S/c1-2-8-17(15,16)9-7-14-10-11-5-3-4-6-12(11)13/h3-6,14H,2,7-10H2,1H3. The van der Waals surface area contributed by atoms with E-state index >= 15 is 0 Å². The van der Waals surface area contributed by atoms with Crippen molar-refractivity contribution in [2.75, 3.05) is 18.1 Å². The van der Waals surface area contributed by atoms with Crippen LogP contribution in [0.1, 0.15) is 18.9 Å². The molecule has 0 aliphatic heterocycles. The summed E-state index contributed by atoms with van der Waals surface area (Å²) in [6.45, 7) is 3.07. The molecule has 0 unspecified atom stereocenters. The summed E-state index contributed by atoms with van der Waals surface area (Å²) < 4.78 is 24.0. The average molecular weight is 320 g/mol. The van der Waals surface area contributed by atoms with E-state index in [1.54, 1.807) is 0 Å². The number of hydrogen-bond donors (Lipinski definition) is 1. The SMILES string of the molecule is CCCS(=O)(=O)CCNCc1ccccc1Br. The van der Waals surface area contributed by atoms with Gasteiger partial charge in [-0.1, -0.05) is 41.1 Å². The lowest BCUT2D eigenvalue weighted by Crippen LogP contribution is -2.24. The van der Waals surface area contributed by atoms with Crippen molar-refractivity contribution in [1.82, 2.24) is 5.32 Å². The van der Waals surface area contributed by atoms with Gasteiger partial charge in [-0.05, 0) is 18.1 Å². The van der Waals surface area contributed by atoms with Crippen molar-refractivity contribution in [3.05, 3.63) is 34.3 Å². The molecule has 1 rings (SSSR count). The summed E-state index contributed by atoms with van der Waals surface area (Å²) in [5.41, 5.74) is 1.14. The number of hydrogen-bond acceptors (Lipinski definition) is 3. The van der Waals surface area contributed by atoms with Crippen LogP contribution in [0.25, 0.3) is 0 Å². The number of halogens is 1. The van der Waals surface area contributed by atoms with E-state index in [0.29, 0.717) is 19.5 Å². The second kappa shape index (κ2) is 7.13. The van der Waals surface area contributed by atoms with E-state index in [-0.39, 0.29) is 11.5 Å². The van der Waals surface area contributed by atoms with Crippen LogP contribution in [0.3, 0.4) is 0 Å². The van der Waals surface area contributed by atoms with Crippen molar-refractivity contribution in [1.29, 1.82) is 0 Å². The highest BCUT2D eigenvalue weighted by atomic mass is 79.9. The zero-order valence-electron chi connectivity index (χ0n) is 9.95. The molecular formula is C12H18BrNO2S. The molecule has 0 aliphatic rings. The average Bonchev–Trinajstić information content (AvgIpc) is 2.26. The summed E-state index contributed by atoms with van der Waals surface area (Å²) in [7, 11) is -2.87. The Morgan fingerprint density at radius 3 is 2.59 bits per heavy atom. The van der Waals surface area contributed by atoms with Crippen LogP contribution < -0.4 is 5.32 Å². The minimum Gasteiger partial charge on any atom is -0.312 e. The van der Waals surface area contributed by atoms with E-state index in [0.717, 1.165) is 10.0 Å². The molecule has 0 spiro atoms. The second-order valence-corrected chi connectivity index (χ2v) is 7.08. The molecule has 17 heavy (non-hydrogen) atoms. The first kappa shape index (κ1) is 14.7. The largest absolute Gasteiger partial charge is 0.312 e. The van der Waals surface area contributed by atoms with Crippen molar-refractivity contribution >= 4 is 25.8 Å². The molecule has 0 saturated heterocycles. The number of nitrogens with one attached hydrogen (secondary N) is 1. The molecule has 0 saturated carbocycles. The van der Waals surface area contributed by atoms with Gasteiger partial charge in [0.05, 0.1) is 5.75 Å². The molecule has 1 N–H and O–H groups in total. The van der Waals surface area contributed by atoms with Gasteiger partial charge < -0.3 is 5.32 Å². The summed E-state index contributed by atoms with van der Waals surface area (Å²) in [6, 6.07) is 7.91. The van der Waals surface area contributed by atoms with Gasteiger partial charge >= 0.3 is 0 Å².